The lowest BCUT2D eigenvalue weighted by Crippen LogP contribution is -2.01. The summed E-state index contributed by atoms with van der Waals surface area (Å²) in [6, 6.07) is 7.63. The Morgan fingerprint density at radius 1 is 1.37 bits per heavy atom. The second kappa shape index (κ2) is 6.93. The largest absolute Gasteiger partial charge is 0.393 e. The maximum Gasteiger partial charge on any atom is 0.226 e. The molecule has 0 spiro atoms. The molecule has 2 rings (SSSR count). The third-order valence-corrected chi connectivity index (χ3v) is 3.73. The van der Waals surface area contributed by atoms with Crippen molar-refractivity contribution in [3.05, 3.63) is 41.0 Å². The van der Waals surface area contributed by atoms with Crippen molar-refractivity contribution in [2.24, 2.45) is 0 Å². The Morgan fingerprint density at radius 3 is 2.79 bits per heavy atom. The van der Waals surface area contributed by atoms with Crippen molar-refractivity contribution in [1.29, 1.82) is 0 Å². The van der Waals surface area contributed by atoms with Gasteiger partial charge in [-0.05, 0) is 37.6 Å². The quantitative estimate of drug-likeness (QED) is 0.829. The van der Waals surface area contributed by atoms with Crippen molar-refractivity contribution in [2.75, 3.05) is 0 Å². The van der Waals surface area contributed by atoms with Gasteiger partial charge >= 0.3 is 0 Å². The monoisotopic (exact) mass is 298 g/mol. The van der Waals surface area contributed by atoms with Crippen molar-refractivity contribution in [3.63, 3.8) is 0 Å². The number of thioether (sulfide) groups is 1. The van der Waals surface area contributed by atoms with Gasteiger partial charge < -0.3 is 9.63 Å². The molecule has 0 radical (unpaired) electrons. The molecule has 0 fully saturated rings. The number of hydrogen-bond acceptors (Lipinski definition) is 5. The second-order valence-corrected chi connectivity index (χ2v) is 5.72. The average molecular weight is 299 g/mol. The summed E-state index contributed by atoms with van der Waals surface area (Å²) in [7, 11) is 0. The van der Waals surface area contributed by atoms with E-state index in [2.05, 4.69) is 10.1 Å². The van der Waals surface area contributed by atoms with Crippen LogP contribution in [0.4, 0.5) is 0 Å². The zero-order valence-corrected chi connectivity index (χ0v) is 12.1. The van der Waals surface area contributed by atoms with E-state index >= 15 is 0 Å². The van der Waals surface area contributed by atoms with Gasteiger partial charge in [0.25, 0.3) is 0 Å². The van der Waals surface area contributed by atoms with E-state index in [9.17, 15) is 5.11 Å². The normalized spacial score (nSPS) is 12.6. The van der Waals surface area contributed by atoms with E-state index < -0.39 is 0 Å². The molecule has 19 heavy (non-hydrogen) atoms. The van der Waals surface area contributed by atoms with Crippen molar-refractivity contribution in [2.45, 2.75) is 36.5 Å². The Kier molecular flexibility index (Phi) is 5.24. The molecule has 0 aliphatic rings. The molecule has 1 N–H and O–H groups in total. The molecule has 1 aromatic heterocycles. The summed E-state index contributed by atoms with van der Waals surface area (Å²) < 4.78 is 5.12. The molecule has 0 saturated carbocycles. The SMILES string of the molecule is CC(O)CCc1nc(CSc2ccc(Cl)cc2)no1. The summed E-state index contributed by atoms with van der Waals surface area (Å²) in [5, 5.41) is 13.8. The summed E-state index contributed by atoms with van der Waals surface area (Å²) in [6.45, 7) is 1.74. The molecular formula is C13H15ClN2O2S. The minimum Gasteiger partial charge on any atom is -0.393 e. The van der Waals surface area contributed by atoms with Crippen LogP contribution in [0, 0.1) is 0 Å². The second-order valence-electron chi connectivity index (χ2n) is 4.23. The Labute approximate surface area is 121 Å². The van der Waals surface area contributed by atoms with E-state index in [-0.39, 0.29) is 6.10 Å². The Balaban J connectivity index is 1.84. The summed E-state index contributed by atoms with van der Waals surface area (Å²) >= 11 is 7.45. The minimum absolute atomic E-state index is 0.348. The van der Waals surface area contributed by atoms with E-state index in [0.29, 0.717) is 30.3 Å². The standard InChI is InChI=1S/C13H15ClN2O2S/c1-9(17)2-7-13-15-12(16-18-13)8-19-11-5-3-10(14)4-6-11/h3-6,9,17H,2,7-8H2,1H3. The summed E-state index contributed by atoms with van der Waals surface area (Å²) in [5.74, 6) is 1.90. The number of rotatable bonds is 6. The molecule has 0 aliphatic heterocycles. The van der Waals surface area contributed by atoms with Crippen LogP contribution in [-0.2, 0) is 12.2 Å². The number of aromatic nitrogens is 2. The topological polar surface area (TPSA) is 59.2 Å². The molecule has 0 bridgehead atoms. The maximum absolute atomic E-state index is 9.19. The first-order valence-corrected chi connectivity index (χ1v) is 7.38. The van der Waals surface area contributed by atoms with E-state index in [4.69, 9.17) is 16.1 Å². The zero-order valence-electron chi connectivity index (χ0n) is 10.5. The number of aliphatic hydroxyl groups excluding tert-OH is 1. The predicted octanol–water partition coefficient (Wildman–Crippen LogP) is 3.33. The van der Waals surface area contributed by atoms with Crippen LogP contribution in [0.15, 0.2) is 33.7 Å². The Morgan fingerprint density at radius 2 is 2.11 bits per heavy atom. The van der Waals surface area contributed by atoms with Crippen LogP contribution < -0.4 is 0 Å². The molecule has 2 aromatic rings. The molecule has 4 nitrogen and oxygen atoms in total. The van der Waals surface area contributed by atoms with Crippen LogP contribution in [0.3, 0.4) is 0 Å². The van der Waals surface area contributed by atoms with Crippen molar-refractivity contribution < 1.29 is 9.63 Å². The molecule has 0 amide bonds. The Bertz CT molecular complexity index is 514. The number of aliphatic hydroxyl groups is 1. The minimum atomic E-state index is -0.348. The molecule has 102 valence electrons. The fourth-order valence-electron chi connectivity index (χ4n) is 1.46. The molecular weight excluding hydrogens is 284 g/mol. The number of nitrogens with zero attached hydrogens (tertiary/aromatic N) is 2. The molecule has 1 atom stereocenters. The first-order valence-electron chi connectivity index (χ1n) is 6.01. The van der Waals surface area contributed by atoms with Gasteiger partial charge in [0.05, 0.1) is 11.9 Å². The summed E-state index contributed by atoms with van der Waals surface area (Å²) in [5.41, 5.74) is 0. The number of benzene rings is 1. The van der Waals surface area contributed by atoms with Crippen LogP contribution in [0.25, 0.3) is 0 Å². The van der Waals surface area contributed by atoms with E-state index in [1.807, 2.05) is 24.3 Å². The summed E-state index contributed by atoms with van der Waals surface area (Å²) in [6.07, 6.45) is 0.890. The van der Waals surface area contributed by atoms with Crippen LogP contribution >= 0.6 is 23.4 Å². The highest BCUT2D eigenvalue weighted by Crippen LogP contribution is 2.23. The maximum atomic E-state index is 9.19. The molecule has 1 heterocycles. The highest BCUT2D eigenvalue weighted by molar-refractivity contribution is 7.98. The van der Waals surface area contributed by atoms with E-state index in [1.165, 1.54) is 0 Å². The number of halogens is 1. The first-order chi connectivity index (χ1) is 9.13. The van der Waals surface area contributed by atoms with Crippen LogP contribution in [0.2, 0.25) is 5.02 Å². The van der Waals surface area contributed by atoms with E-state index in [0.717, 1.165) is 9.92 Å². The van der Waals surface area contributed by atoms with Gasteiger partial charge in [0.2, 0.25) is 5.89 Å². The molecule has 1 aromatic carbocycles. The number of hydrogen-bond donors (Lipinski definition) is 1. The lowest BCUT2D eigenvalue weighted by atomic mass is 10.2. The smallest absolute Gasteiger partial charge is 0.226 e. The van der Waals surface area contributed by atoms with Gasteiger partial charge in [0, 0.05) is 16.3 Å². The van der Waals surface area contributed by atoms with Gasteiger partial charge in [0.1, 0.15) is 0 Å². The first kappa shape index (κ1) is 14.4. The van der Waals surface area contributed by atoms with Gasteiger partial charge in [-0.1, -0.05) is 16.8 Å². The predicted molar refractivity (Wildman–Crippen MR) is 75.3 cm³/mol. The van der Waals surface area contributed by atoms with Gasteiger partial charge in [-0.15, -0.1) is 11.8 Å². The van der Waals surface area contributed by atoms with Crippen molar-refractivity contribution in [1.82, 2.24) is 10.1 Å². The van der Waals surface area contributed by atoms with Crippen LogP contribution in [0.1, 0.15) is 25.1 Å². The summed E-state index contributed by atoms with van der Waals surface area (Å²) in [4.78, 5) is 5.39. The average Bonchev–Trinajstić information content (AvgIpc) is 2.84. The molecule has 0 saturated heterocycles. The third-order valence-electron chi connectivity index (χ3n) is 2.47. The van der Waals surface area contributed by atoms with Gasteiger partial charge in [-0.2, -0.15) is 4.98 Å². The fraction of sp³-hybridized carbons (Fsp3) is 0.385. The molecule has 6 heteroatoms. The lowest BCUT2D eigenvalue weighted by molar-refractivity contribution is 0.180. The van der Waals surface area contributed by atoms with Crippen molar-refractivity contribution in [3.8, 4) is 0 Å². The van der Waals surface area contributed by atoms with Crippen molar-refractivity contribution >= 4 is 23.4 Å². The highest BCUT2D eigenvalue weighted by atomic mass is 35.5. The lowest BCUT2D eigenvalue weighted by Gasteiger charge is -1.98. The highest BCUT2D eigenvalue weighted by Gasteiger charge is 2.08. The zero-order chi connectivity index (χ0) is 13.7. The fourth-order valence-corrected chi connectivity index (χ4v) is 2.33. The number of aryl methyl sites for hydroxylation is 1. The van der Waals surface area contributed by atoms with Crippen LogP contribution in [0.5, 0.6) is 0 Å². The van der Waals surface area contributed by atoms with E-state index in [1.54, 1.807) is 18.7 Å². The molecule has 0 aliphatic carbocycles. The van der Waals surface area contributed by atoms with Crippen LogP contribution in [-0.4, -0.2) is 21.4 Å². The third kappa shape index (κ3) is 4.86. The molecule has 1 unspecified atom stereocenters. The van der Waals surface area contributed by atoms with Gasteiger partial charge in [-0.25, -0.2) is 0 Å². The Hall–Kier alpha value is -1.04. The van der Waals surface area contributed by atoms with Gasteiger partial charge in [-0.3, -0.25) is 0 Å². The van der Waals surface area contributed by atoms with Gasteiger partial charge in [0.15, 0.2) is 5.82 Å².